The average molecular weight is 987 g/mol. The minimum absolute atomic E-state index is 0.0137. The van der Waals surface area contributed by atoms with E-state index in [1.165, 1.54) is 17.4 Å². The number of rotatable bonds is 31. The van der Waals surface area contributed by atoms with Crippen molar-refractivity contribution in [3.63, 3.8) is 0 Å². The minimum Gasteiger partial charge on any atom is -0.480 e. The lowest BCUT2D eigenvalue weighted by Crippen LogP contribution is -2.59. The van der Waals surface area contributed by atoms with Crippen LogP contribution in [0.15, 0.2) is 12.5 Å². The molecule has 0 unspecified atom stereocenters. The van der Waals surface area contributed by atoms with E-state index in [0.717, 1.165) is 0 Å². The molecular formula is C38H62N14O13S2. The fourth-order valence-electron chi connectivity index (χ4n) is 6.55. The molecule has 0 saturated carbocycles. The predicted molar refractivity (Wildman–Crippen MR) is 242 cm³/mol. The summed E-state index contributed by atoms with van der Waals surface area (Å²) in [5.74, 6) is -10.4. The molecule has 8 atom stereocenters. The summed E-state index contributed by atoms with van der Waals surface area (Å²) in [5.41, 5.74) is 22.3. The zero-order valence-corrected chi connectivity index (χ0v) is 38.4. The summed E-state index contributed by atoms with van der Waals surface area (Å²) in [6.45, 7) is -1.41. The lowest BCUT2D eigenvalue weighted by Gasteiger charge is -2.29. The molecule has 1 fully saturated rings. The summed E-state index contributed by atoms with van der Waals surface area (Å²) in [5, 5.41) is 35.8. The van der Waals surface area contributed by atoms with Crippen molar-refractivity contribution in [1.29, 1.82) is 0 Å². The van der Waals surface area contributed by atoms with Crippen LogP contribution in [-0.4, -0.2) is 176 Å². The SMILES string of the molecule is NCCCC[C@H](NC(=O)[C@H](CCC(N)=O)NC(=O)[C@@H](N)CS)C(=O)N[C@@H](CCC(N)=O)C(=O)NCC(=O)N[C@@H](Cc1cnc[nH]1)C(=O)N1CCC[C@H]1C(=O)N[C@@H](CO)C(=O)N[C@@H](CS)C(=O)O. The van der Waals surface area contributed by atoms with E-state index in [0.29, 0.717) is 25.0 Å². The van der Waals surface area contributed by atoms with Crippen LogP contribution < -0.4 is 60.2 Å². The number of amides is 10. The highest BCUT2D eigenvalue weighted by atomic mass is 32.1. The number of hydrogen-bond acceptors (Lipinski definition) is 17. The summed E-state index contributed by atoms with van der Waals surface area (Å²) >= 11 is 7.85. The van der Waals surface area contributed by atoms with E-state index in [1.807, 2.05) is 0 Å². The fourth-order valence-corrected chi connectivity index (χ4v) is 6.97. The summed E-state index contributed by atoms with van der Waals surface area (Å²) < 4.78 is 0. The van der Waals surface area contributed by atoms with Gasteiger partial charge in [0.05, 0.1) is 25.5 Å². The van der Waals surface area contributed by atoms with Crippen molar-refractivity contribution in [3.05, 3.63) is 18.2 Å². The number of nitrogens with two attached hydrogens (primary N) is 4. The molecule has 0 spiro atoms. The zero-order valence-electron chi connectivity index (χ0n) is 36.6. The number of unbranched alkanes of at least 4 members (excludes halogenated alkanes) is 1. The van der Waals surface area contributed by atoms with Crippen molar-refractivity contribution < 1.29 is 63.0 Å². The summed E-state index contributed by atoms with van der Waals surface area (Å²) in [4.78, 5) is 149. The van der Waals surface area contributed by atoms with Gasteiger partial charge in [0.15, 0.2) is 0 Å². The van der Waals surface area contributed by atoms with Crippen molar-refractivity contribution in [2.24, 2.45) is 22.9 Å². The third-order valence-corrected chi connectivity index (χ3v) is 11.0. The highest BCUT2D eigenvalue weighted by molar-refractivity contribution is 7.80. The van der Waals surface area contributed by atoms with Crippen LogP contribution >= 0.6 is 25.3 Å². The first-order valence-corrected chi connectivity index (χ1v) is 22.5. The van der Waals surface area contributed by atoms with Crippen LogP contribution in [0.5, 0.6) is 0 Å². The molecule has 0 radical (unpaired) electrons. The van der Waals surface area contributed by atoms with Gasteiger partial charge in [-0.3, -0.25) is 47.9 Å². The quantitative estimate of drug-likeness (QED) is 0.0243. The third-order valence-electron chi connectivity index (χ3n) is 10.2. The Kier molecular flexibility index (Phi) is 25.2. The number of aliphatic hydroxyl groups is 1. The number of carboxylic acid groups (broad SMARTS) is 1. The maximum absolute atomic E-state index is 14.1. The predicted octanol–water partition coefficient (Wildman–Crippen LogP) is -7.11. The number of carboxylic acids is 1. The van der Waals surface area contributed by atoms with Crippen molar-refractivity contribution in [1.82, 2.24) is 52.1 Å². The van der Waals surface area contributed by atoms with Crippen LogP contribution in [0.2, 0.25) is 0 Å². The molecular weight excluding hydrogens is 925 g/mol. The highest BCUT2D eigenvalue weighted by Gasteiger charge is 2.40. The number of primary amides is 2. The van der Waals surface area contributed by atoms with Crippen LogP contribution in [0.4, 0.5) is 0 Å². The molecule has 27 nitrogen and oxygen atoms in total. The van der Waals surface area contributed by atoms with Crippen LogP contribution in [0.3, 0.4) is 0 Å². The summed E-state index contributed by atoms with van der Waals surface area (Å²) in [6.07, 6.45) is 2.37. The van der Waals surface area contributed by atoms with Gasteiger partial charge in [0.1, 0.15) is 42.3 Å². The Morgan fingerprint density at radius 2 is 1.31 bits per heavy atom. The first kappa shape index (κ1) is 57.1. The van der Waals surface area contributed by atoms with Gasteiger partial charge >= 0.3 is 5.97 Å². The van der Waals surface area contributed by atoms with Gasteiger partial charge in [-0.05, 0) is 51.5 Å². The molecule has 0 aliphatic carbocycles. The number of H-pyrrole nitrogens is 1. The monoisotopic (exact) mass is 986 g/mol. The smallest absolute Gasteiger partial charge is 0.327 e. The van der Waals surface area contributed by atoms with E-state index in [2.05, 4.69) is 72.4 Å². The Balaban J connectivity index is 2.25. The molecule has 1 aliphatic rings. The standard InChI is InChI=1S/C38H62N14O13S2/c39-10-2-1-4-21(48-34(60)23(7-9-29(42)55)47-31(57)20(40)16-66)33(59)49-22(6-8-28(41)54)32(58)44-14-30(56)46-24(12-19-13-43-18-45-19)37(63)52-11-3-5-27(52)36(62)50-25(15-53)35(61)51-26(17-67)38(64)65/h13,18,20-27,53,66-67H,1-12,14-17,39-40H2,(H2,41,54)(H2,42,55)(H,43,45)(H,44,58)(H,46,56)(H,47,57)(H,48,60)(H,49,59)(H,50,62)(H,51,61)(H,64,65)/t20-,21-,22-,23-,24-,25-,26-,27-/m0/s1. The molecule has 29 heteroatoms. The third kappa shape index (κ3) is 19.8. The topological polar surface area (TPSA) is 448 Å². The van der Waals surface area contributed by atoms with Gasteiger partial charge in [-0.1, -0.05) is 0 Å². The van der Waals surface area contributed by atoms with Crippen molar-refractivity contribution >= 4 is 90.3 Å². The van der Waals surface area contributed by atoms with Gasteiger partial charge in [0.25, 0.3) is 0 Å². The van der Waals surface area contributed by atoms with Gasteiger partial charge in [-0.2, -0.15) is 25.3 Å². The van der Waals surface area contributed by atoms with Gasteiger partial charge in [-0.15, -0.1) is 0 Å². The molecule has 2 heterocycles. The Bertz CT molecular complexity index is 1900. The Morgan fingerprint density at radius 3 is 1.84 bits per heavy atom. The first-order chi connectivity index (χ1) is 31.8. The molecule has 10 amide bonds. The van der Waals surface area contributed by atoms with Crippen LogP contribution in [0.25, 0.3) is 0 Å². The Labute approximate surface area is 395 Å². The molecule has 67 heavy (non-hydrogen) atoms. The molecule has 18 N–H and O–H groups in total. The van der Waals surface area contributed by atoms with E-state index in [-0.39, 0.29) is 63.1 Å². The number of nitrogens with one attached hydrogen (secondary N) is 8. The number of imidazole rings is 1. The van der Waals surface area contributed by atoms with E-state index in [9.17, 15) is 63.0 Å². The second kappa shape index (κ2) is 29.6. The zero-order chi connectivity index (χ0) is 50.2. The van der Waals surface area contributed by atoms with Gasteiger partial charge < -0.3 is 80.2 Å². The van der Waals surface area contributed by atoms with Crippen molar-refractivity contribution in [2.75, 3.05) is 37.7 Å². The van der Waals surface area contributed by atoms with Crippen LogP contribution in [0.1, 0.15) is 63.5 Å². The lowest BCUT2D eigenvalue weighted by molar-refractivity contribution is -0.143. The van der Waals surface area contributed by atoms with Crippen LogP contribution in [0, 0.1) is 0 Å². The number of hydrogen-bond donors (Lipinski definition) is 16. The molecule has 1 aromatic heterocycles. The van der Waals surface area contributed by atoms with Gasteiger partial charge in [0, 0.05) is 49.2 Å². The van der Waals surface area contributed by atoms with E-state index in [1.54, 1.807) is 0 Å². The van der Waals surface area contributed by atoms with Gasteiger partial charge in [-0.25, -0.2) is 9.78 Å². The molecule has 374 valence electrons. The summed E-state index contributed by atoms with van der Waals surface area (Å²) in [7, 11) is 0. The lowest BCUT2D eigenvalue weighted by atomic mass is 10.0. The van der Waals surface area contributed by atoms with E-state index in [4.69, 9.17) is 22.9 Å². The number of aromatic nitrogens is 2. The fraction of sp³-hybridized carbons (Fsp3) is 0.632. The largest absolute Gasteiger partial charge is 0.480 e. The average Bonchev–Trinajstić information content (AvgIpc) is 4.01. The molecule has 1 saturated heterocycles. The number of thiol groups is 2. The molecule has 1 aliphatic heterocycles. The van der Waals surface area contributed by atoms with Crippen LogP contribution in [-0.2, 0) is 59.2 Å². The normalized spacial score (nSPS) is 16.4. The highest BCUT2D eigenvalue weighted by Crippen LogP contribution is 2.20. The van der Waals surface area contributed by atoms with E-state index < -0.39 is 133 Å². The molecule has 0 bridgehead atoms. The van der Waals surface area contributed by atoms with Crippen molar-refractivity contribution in [2.45, 2.75) is 113 Å². The summed E-state index contributed by atoms with van der Waals surface area (Å²) in [6, 6.07) is -10.9. The Morgan fingerprint density at radius 1 is 0.746 bits per heavy atom. The molecule has 0 aromatic carbocycles. The molecule has 1 aromatic rings. The number of nitrogens with zero attached hydrogens (tertiary/aromatic N) is 2. The first-order valence-electron chi connectivity index (χ1n) is 21.2. The number of likely N-dealkylation sites (tertiary alicyclic amines) is 1. The maximum atomic E-state index is 14.1. The second-order valence-corrected chi connectivity index (χ2v) is 16.1. The Hall–Kier alpha value is -6.04. The second-order valence-electron chi connectivity index (χ2n) is 15.4. The number of carbonyl (C=O) groups excluding carboxylic acids is 10. The van der Waals surface area contributed by atoms with Gasteiger partial charge in [0.2, 0.25) is 59.1 Å². The number of carbonyl (C=O) groups is 11. The minimum atomic E-state index is -1.58. The molecule has 2 rings (SSSR count). The number of aromatic amines is 1. The number of aliphatic carboxylic acids is 1. The van der Waals surface area contributed by atoms with Crippen molar-refractivity contribution in [3.8, 4) is 0 Å². The number of aliphatic hydroxyl groups excluding tert-OH is 1. The maximum Gasteiger partial charge on any atom is 0.327 e. The van der Waals surface area contributed by atoms with E-state index >= 15 is 0 Å².